The number of benzene rings is 1. The van der Waals surface area contributed by atoms with Gasteiger partial charge in [-0.05, 0) is 30.5 Å². The lowest BCUT2D eigenvalue weighted by atomic mass is 9.92. The second-order valence-electron chi connectivity index (χ2n) is 5.60. The molecule has 0 aliphatic carbocycles. The summed E-state index contributed by atoms with van der Waals surface area (Å²) >= 11 is 1.85. The van der Waals surface area contributed by atoms with Crippen molar-refractivity contribution in [3.05, 3.63) is 29.1 Å². The zero-order valence-corrected chi connectivity index (χ0v) is 13.5. The summed E-state index contributed by atoms with van der Waals surface area (Å²) in [5.41, 5.74) is 1.91. The molecule has 0 fully saturated rings. The minimum atomic E-state index is -0.192. The highest BCUT2D eigenvalue weighted by atomic mass is 32.2. The highest BCUT2D eigenvalue weighted by molar-refractivity contribution is 7.99. The topological polar surface area (TPSA) is 21.3 Å². The van der Waals surface area contributed by atoms with Crippen LogP contribution in [0.15, 0.2) is 12.1 Å². The monoisotopic (exact) mass is 297 g/mol. The van der Waals surface area contributed by atoms with Crippen LogP contribution >= 0.6 is 11.8 Å². The molecule has 1 aliphatic heterocycles. The number of fused-ring (bicyclic) bond motifs is 1. The smallest absolute Gasteiger partial charge is 0.169 e. The normalized spacial score (nSPS) is 21.9. The molecule has 2 atom stereocenters. The molecule has 1 aromatic carbocycles. The van der Waals surface area contributed by atoms with Crippen molar-refractivity contribution >= 4 is 11.8 Å². The first kappa shape index (κ1) is 15.6. The van der Waals surface area contributed by atoms with Gasteiger partial charge in [-0.3, -0.25) is 0 Å². The largest absolute Gasteiger partial charge is 0.494 e. The number of rotatable bonds is 5. The predicted molar refractivity (Wildman–Crippen MR) is 83.9 cm³/mol. The van der Waals surface area contributed by atoms with E-state index in [1.54, 1.807) is 6.07 Å². The molecule has 112 valence electrons. The second kappa shape index (κ2) is 6.81. The van der Waals surface area contributed by atoms with Crippen molar-refractivity contribution in [1.82, 2.24) is 5.32 Å². The summed E-state index contributed by atoms with van der Waals surface area (Å²) in [4.78, 5) is 0. The molecule has 1 N–H and O–H groups in total. The van der Waals surface area contributed by atoms with E-state index in [-0.39, 0.29) is 11.9 Å². The summed E-state index contributed by atoms with van der Waals surface area (Å²) in [7, 11) is 1.52. The van der Waals surface area contributed by atoms with Crippen molar-refractivity contribution < 1.29 is 9.13 Å². The number of ether oxygens (including phenoxy) is 1. The van der Waals surface area contributed by atoms with E-state index in [2.05, 4.69) is 26.1 Å². The van der Waals surface area contributed by atoms with Gasteiger partial charge in [-0.25, -0.2) is 4.39 Å². The average molecular weight is 297 g/mol. The Balaban J connectivity index is 2.38. The summed E-state index contributed by atoms with van der Waals surface area (Å²) in [6.45, 7) is 7.59. The number of hydrogen-bond donors (Lipinski definition) is 1. The zero-order valence-electron chi connectivity index (χ0n) is 12.7. The van der Waals surface area contributed by atoms with Gasteiger partial charge in [0.2, 0.25) is 0 Å². The fourth-order valence-corrected chi connectivity index (χ4v) is 4.24. The number of halogens is 1. The summed E-state index contributed by atoms with van der Waals surface area (Å²) in [6.07, 6.45) is 1.08. The van der Waals surface area contributed by atoms with Crippen molar-refractivity contribution in [2.24, 2.45) is 5.92 Å². The highest BCUT2D eigenvalue weighted by Gasteiger charge is 2.33. The molecule has 1 aromatic rings. The molecule has 4 heteroatoms. The predicted octanol–water partition coefficient (Wildman–Crippen LogP) is 4.15. The van der Waals surface area contributed by atoms with E-state index in [0.29, 0.717) is 16.9 Å². The van der Waals surface area contributed by atoms with E-state index >= 15 is 0 Å². The van der Waals surface area contributed by atoms with Crippen LogP contribution in [0.2, 0.25) is 0 Å². The van der Waals surface area contributed by atoms with Crippen LogP contribution in [0, 0.1) is 11.7 Å². The first-order valence-electron chi connectivity index (χ1n) is 7.30. The number of methoxy groups -OCH3 is 1. The molecule has 2 rings (SSSR count). The molecule has 0 radical (unpaired) electrons. The molecular formula is C16H24FNOS. The Labute approximate surface area is 125 Å². The average Bonchev–Trinajstić information content (AvgIpc) is 2.45. The maximum Gasteiger partial charge on any atom is 0.169 e. The van der Waals surface area contributed by atoms with E-state index in [4.69, 9.17) is 4.74 Å². The molecule has 2 unspecified atom stereocenters. The van der Waals surface area contributed by atoms with Crippen LogP contribution in [-0.2, 0) is 5.75 Å². The summed E-state index contributed by atoms with van der Waals surface area (Å²) in [5.74, 6) is 1.45. The number of thioether (sulfide) groups is 1. The van der Waals surface area contributed by atoms with Crippen molar-refractivity contribution in [2.45, 2.75) is 44.2 Å². The van der Waals surface area contributed by atoms with Gasteiger partial charge in [0.15, 0.2) is 11.6 Å². The third kappa shape index (κ3) is 2.96. The Hall–Kier alpha value is -0.740. The van der Waals surface area contributed by atoms with Crippen molar-refractivity contribution in [2.75, 3.05) is 13.7 Å². The molecule has 0 saturated heterocycles. The molecule has 0 saturated carbocycles. The van der Waals surface area contributed by atoms with E-state index in [0.717, 1.165) is 29.8 Å². The van der Waals surface area contributed by atoms with Gasteiger partial charge in [0.25, 0.3) is 0 Å². The van der Waals surface area contributed by atoms with Gasteiger partial charge in [-0.15, -0.1) is 0 Å². The Morgan fingerprint density at radius 2 is 2.20 bits per heavy atom. The molecule has 1 heterocycles. The molecule has 20 heavy (non-hydrogen) atoms. The van der Waals surface area contributed by atoms with Crippen LogP contribution in [0.4, 0.5) is 4.39 Å². The van der Waals surface area contributed by atoms with E-state index in [1.807, 2.05) is 17.8 Å². The molecule has 1 aliphatic rings. The van der Waals surface area contributed by atoms with Gasteiger partial charge >= 0.3 is 0 Å². The van der Waals surface area contributed by atoms with Crippen molar-refractivity contribution in [3.63, 3.8) is 0 Å². The lowest BCUT2D eigenvalue weighted by molar-refractivity contribution is 0.380. The van der Waals surface area contributed by atoms with Crippen LogP contribution in [-0.4, -0.2) is 18.9 Å². The van der Waals surface area contributed by atoms with Crippen molar-refractivity contribution in [3.8, 4) is 5.75 Å². The summed E-state index contributed by atoms with van der Waals surface area (Å²) in [5, 5.41) is 4.08. The summed E-state index contributed by atoms with van der Waals surface area (Å²) < 4.78 is 19.5. The van der Waals surface area contributed by atoms with Gasteiger partial charge in [0.1, 0.15) is 0 Å². The highest BCUT2D eigenvalue weighted by Crippen LogP contribution is 2.43. The van der Waals surface area contributed by atoms with Gasteiger partial charge in [-0.2, -0.15) is 11.8 Å². The molecule has 2 nitrogen and oxygen atoms in total. The van der Waals surface area contributed by atoms with Crippen LogP contribution in [0.1, 0.15) is 44.4 Å². The minimum Gasteiger partial charge on any atom is -0.494 e. The first-order chi connectivity index (χ1) is 9.60. The lowest BCUT2D eigenvalue weighted by Gasteiger charge is -2.36. The standard InChI is InChI=1S/C16H24FNOS/c1-5-8-18-15-11-6-7-13(19-4)14(17)12(11)9-20-16(15)10(2)3/h6-7,10,15-16,18H,5,8-9H2,1-4H3. The van der Waals surface area contributed by atoms with E-state index < -0.39 is 0 Å². The number of hydrogen-bond acceptors (Lipinski definition) is 3. The molecule has 0 bridgehead atoms. The Morgan fingerprint density at radius 1 is 1.45 bits per heavy atom. The molecule has 0 spiro atoms. The third-order valence-corrected chi connectivity index (χ3v) is 5.48. The Morgan fingerprint density at radius 3 is 2.80 bits per heavy atom. The summed E-state index contributed by atoms with van der Waals surface area (Å²) in [6, 6.07) is 4.01. The van der Waals surface area contributed by atoms with Gasteiger partial charge in [-0.1, -0.05) is 26.8 Å². The quantitative estimate of drug-likeness (QED) is 0.882. The SMILES string of the molecule is CCCNC1c2ccc(OC)c(F)c2CSC1C(C)C. The lowest BCUT2D eigenvalue weighted by Crippen LogP contribution is -2.37. The minimum absolute atomic E-state index is 0.192. The van der Waals surface area contributed by atoms with Crippen LogP contribution in [0.25, 0.3) is 0 Å². The maximum absolute atomic E-state index is 14.4. The van der Waals surface area contributed by atoms with Crippen molar-refractivity contribution in [1.29, 1.82) is 0 Å². The molecular weight excluding hydrogens is 273 g/mol. The van der Waals surface area contributed by atoms with E-state index in [9.17, 15) is 4.39 Å². The van der Waals surface area contributed by atoms with Gasteiger partial charge < -0.3 is 10.1 Å². The number of nitrogens with one attached hydrogen (secondary N) is 1. The fraction of sp³-hybridized carbons (Fsp3) is 0.625. The van der Waals surface area contributed by atoms with E-state index in [1.165, 1.54) is 7.11 Å². The zero-order chi connectivity index (χ0) is 14.7. The van der Waals surface area contributed by atoms with Crippen LogP contribution < -0.4 is 10.1 Å². The third-order valence-electron chi connectivity index (χ3n) is 3.82. The van der Waals surface area contributed by atoms with Gasteiger partial charge in [0.05, 0.1) is 7.11 Å². The molecule has 0 aromatic heterocycles. The first-order valence-corrected chi connectivity index (χ1v) is 8.35. The van der Waals surface area contributed by atoms with Gasteiger partial charge in [0, 0.05) is 22.6 Å². The van der Waals surface area contributed by atoms with Crippen LogP contribution in [0.5, 0.6) is 5.75 Å². The fourth-order valence-electron chi connectivity index (χ4n) is 2.77. The second-order valence-corrected chi connectivity index (χ2v) is 6.77. The Bertz CT molecular complexity index is 464. The maximum atomic E-state index is 14.4. The van der Waals surface area contributed by atoms with Crippen LogP contribution in [0.3, 0.4) is 0 Å². The Kier molecular flexibility index (Phi) is 5.33. The molecule has 0 amide bonds.